The summed E-state index contributed by atoms with van der Waals surface area (Å²) in [5, 5.41) is 1.12. The number of halogens is 1. The van der Waals surface area contributed by atoms with Gasteiger partial charge in [-0.1, -0.05) is 35.2 Å². The molecule has 4 heteroatoms. The molecule has 0 aliphatic rings. The molecule has 0 fully saturated rings. The summed E-state index contributed by atoms with van der Waals surface area (Å²) in [5.41, 5.74) is 0. The number of unbranched alkanes of at least 4 members (excludes halogenated alkanes) is 3. The van der Waals surface area contributed by atoms with Crippen LogP contribution in [0.5, 0.6) is 0 Å². The van der Waals surface area contributed by atoms with E-state index in [1.807, 2.05) is 0 Å². The van der Waals surface area contributed by atoms with Crippen LogP contribution >= 0.6 is 15.9 Å². The molecule has 2 nitrogen and oxygen atoms in total. The molecular weight excluding hydrogens is 272 g/mol. The molecule has 0 rings (SSSR count). The van der Waals surface area contributed by atoms with Gasteiger partial charge >= 0.3 is 8.56 Å². The Morgan fingerprint density at radius 1 is 0.933 bits per heavy atom. The van der Waals surface area contributed by atoms with E-state index in [1.165, 1.54) is 25.7 Å². The second-order valence-corrected chi connectivity index (χ2v) is 7.99. The zero-order valence-electron chi connectivity index (χ0n) is 10.4. The Morgan fingerprint density at radius 2 is 1.47 bits per heavy atom. The minimum atomic E-state index is -1.82. The van der Waals surface area contributed by atoms with E-state index in [0.29, 0.717) is 0 Å². The van der Waals surface area contributed by atoms with Crippen molar-refractivity contribution in [1.29, 1.82) is 0 Å². The van der Waals surface area contributed by atoms with Gasteiger partial charge in [-0.2, -0.15) is 0 Å². The van der Waals surface area contributed by atoms with Gasteiger partial charge in [-0.15, -0.1) is 0 Å². The summed E-state index contributed by atoms with van der Waals surface area (Å²) < 4.78 is 11.6. The zero-order chi connectivity index (χ0) is 11.6. The van der Waals surface area contributed by atoms with Crippen LogP contribution in [0.3, 0.4) is 0 Å². The molecule has 0 amide bonds. The fourth-order valence-electron chi connectivity index (χ4n) is 1.69. The summed E-state index contributed by atoms with van der Waals surface area (Å²) in [6.07, 6.45) is 5.14. The molecule has 0 N–H and O–H groups in total. The van der Waals surface area contributed by atoms with E-state index in [0.717, 1.165) is 24.6 Å². The largest absolute Gasteiger partial charge is 0.395 e. The average Bonchev–Trinajstić information content (AvgIpc) is 2.18. The maximum absolute atomic E-state index is 5.78. The molecule has 0 bridgehead atoms. The molecule has 0 saturated carbocycles. The van der Waals surface area contributed by atoms with Gasteiger partial charge < -0.3 is 8.85 Å². The molecule has 92 valence electrons. The van der Waals surface area contributed by atoms with E-state index < -0.39 is 8.56 Å². The Hall–Kier alpha value is 0.617. The van der Waals surface area contributed by atoms with Gasteiger partial charge in [-0.05, 0) is 32.9 Å². The average molecular weight is 297 g/mol. The summed E-state index contributed by atoms with van der Waals surface area (Å²) in [4.78, 5) is 0. The third-order valence-electron chi connectivity index (χ3n) is 2.41. The molecule has 0 radical (unpaired) electrons. The van der Waals surface area contributed by atoms with Crippen LogP contribution in [0.4, 0.5) is 0 Å². The van der Waals surface area contributed by atoms with Crippen LogP contribution < -0.4 is 0 Å². The fourth-order valence-corrected chi connectivity index (χ4v) is 4.57. The molecule has 0 saturated heterocycles. The highest BCUT2D eigenvalue weighted by molar-refractivity contribution is 9.09. The van der Waals surface area contributed by atoms with Crippen molar-refractivity contribution in [3.05, 3.63) is 0 Å². The Kier molecular flexibility index (Phi) is 10.2. The quantitative estimate of drug-likeness (QED) is 0.343. The maximum Gasteiger partial charge on any atom is 0.334 e. The van der Waals surface area contributed by atoms with Crippen LogP contribution in [0.2, 0.25) is 12.6 Å². The predicted octanol–water partition coefficient (Wildman–Crippen LogP) is 4.09. The van der Waals surface area contributed by atoms with Crippen molar-refractivity contribution in [2.24, 2.45) is 0 Å². The van der Waals surface area contributed by atoms with E-state index in [2.05, 4.69) is 36.3 Å². The lowest BCUT2D eigenvalue weighted by Gasteiger charge is -2.25. The number of rotatable bonds is 10. The monoisotopic (exact) mass is 296 g/mol. The molecule has 0 heterocycles. The summed E-state index contributed by atoms with van der Waals surface area (Å²) in [5.74, 6) is 0. The molecule has 0 aromatic carbocycles. The second-order valence-electron chi connectivity index (χ2n) is 3.85. The molecular formula is C11H25BrO2Si. The van der Waals surface area contributed by atoms with Gasteiger partial charge in [0, 0.05) is 18.5 Å². The highest BCUT2D eigenvalue weighted by Crippen LogP contribution is 2.18. The van der Waals surface area contributed by atoms with Crippen molar-refractivity contribution in [3.8, 4) is 0 Å². The standard InChI is InChI=1S/C11H25BrO2Si/c1-4-13-15(3,14-5-2)11-9-7-6-8-10-12/h4-11H2,1-3H3. The van der Waals surface area contributed by atoms with Crippen molar-refractivity contribution < 1.29 is 8.85 Å². The molecule has 0 aliphatic carbocycles. The Bertz CT molecular complexity index is 139. The van der Waals surface area contributed by atoms with Crippen LogP contribution in [0.15, 0.2) is 0 Å². The summed E-state index contributed by atoms with van der Waals surface area (Å²) in [6, 6.07) is 1.14. The molecule has 0 aromatic heterocycles. The molecule has 0 unspecified atom stereocenters. The lowest BCUT2D eigenvalue weighted by molar-refractivity contribution is 0.188. The third kappa shape index (κ3) is 8.43. The molecule has 15 heavy (non-hydrogen) atoms. The lowest BCUT2D eigenvalue weighted by Crippen LogP contribution is -2.38. The van der Waals surface area contributed by atoms with E-state index in [4.69, 9.17) is 8.85 Å². The normalized spacial score (nSPS) is 12.0. The number of hydrogen-bond donors (Lipinski definition) is 0. The Morgan fingerprint density at radius 3 is 1.93 bits per heavy atom. The van der Waals surface area contributed by atoms with Crippen LogP contribution in [-0.4, -0.2) is 27.1 Å². The van der Waals surface area contributed by atoms with Gasteiger partial charge in [0.15, 0.2) is 0 Å². The Balaban J connectivity index is 3.65. The smallest absolute Gasteiger partial charge is 0.334 e. The van der Waals surface area contributed by atoms with Crippen molar-refractivity contribution in [1.82, 2.24) is 0 Å². The van der Waals surface area contributed by atoms with Gasteiger partial charge in [0.2, 0.25) is 0 Å². The first-order valence-corrected chi connectivity index (χ1v) is 9.67. The lowest BCUT2D eigenvalue weighted by atomic mass is 10.2. The summed E-state index contributed by atoms with van der Waals surface area (Å²) in [7, 11) is -1.82. The molecule has 0 aromatic rings. The summed E-state index contributed by atoms with van der Waals surface area (Å²) in [6.45, 7) is 7.85. The van der Waals surface area contributed by atoms with Crippen LogP contribution in [0.25, 0.3) is 0 Å². The third-order valence-corrected chi connectivity index (χ3v) is 6.04. The molecule has 0 atom stereocenters. The minimum absolute atomic E-state index is 0.782. The van der Waals surface area contributed by atoms with Crippen molar-refractivity contribution in [2.75, 3.05) is 18.5 Å². The van der Waals surface area contributed by atoms with E-state index in [-0.39, 0.29) is 0 Å². The SMILES string of the molecule is CCO[Si](C)(CCCCCCBr)OCC. The molecule has 0 spiro atoms. The van der Waals surface area contributed by atoms with Crippen LogP contribution in [0.1, 0.15) is 39.5 Å². The first-order valence-electron chi connectivity index (χ1n) is 6.02. The highest BCUT2D eigenvalue weighted by Gasteiger charge is 2.29. The van der Waals surface area contributed by atoms with Gasteiger partial charge in [0.1, 0.15) is 0 Å². The predicted molar refractivity (Wildman–Crippen MR) is 71.9 cm³/mol. The van der Waals surface area contributed by atoms with E-state index >= 15 is 0 Å². The minimum Gasteiger partial charge on any atom is -0.395 e. The fraction of sp³-hybridized carbons (Fsp3) is 1.00. The van der Waals surface area contributed by atoms with Gasteiger partial charge in [0.25, 0.3) is 0 Å². The van der Waals surface area contributed by atoms with Crippen LogP contribution in [-0.2, 0) is 8.85 Å². The highest BCUT2D eigenvalue weighted by atomic mass is 79.9. The Labute approximate surface area is 104 Å². The number of alkyl halides is 1. The van der Waals surface area contributed by atoms with E-state index in [9.17, 15) is 0 Å². The van der Waals surface area contributed by atoms with Gasteiger partial charge in [-0.3, -0.25) is 0 Å². The van der Waals surface area contributed by atoms with Gasteiger partial charge in [-0.25, -0.2) is 0 Å². The van der Waals surface area contributed by atoms with Gasteiger partial charge in [0.05, 0.1) is 0 Å². The summed E-state index contributed by atoms with van der Waals surface area (Å²) >= 11 is 3.45. The van der Waals surface area contributed by atoms with Crippen molar-refractivity contribution >= 4 is 24.5 Å². The first-order chi connectivity index (χ1) is 7.18. The zero-order valence-corrected chi connectivity index (χ0v) is 12.9. The maximum atomic E-state index is 5.78. The second kappa shape index (κ2) is 9.82. The number of hydrogen-bond acceptors (Lipinski definition) is 2. The van der Waals surface area contributed by atoms with Crippen molar-refractivity contribution in [3.63, 3.8) is 0 Å². The molecule has 0 aliphatic heterocycles. The van der Waals surface area contributed by atoms with Crippen molar-refractivity contribution in [2.45, 2.75) is 52.1 Å². The van der Waals surface area contributed by atoms with Crippen LogP contribution in [0, 0.1) is 0 Å². The van der Waals surface area contributed by atoms with E-state index in [1.54, 1.807) is 0 Å². The topological polar surface area (TPSA) is 18.5 Å². The first kappa shape index (κ1) is 15.6.